The van der Waals surface area contributed by atoms with Crippen LogP contribution in [0.15, 0.2) is 36.4 Å². The molecule has 1 aliphatic heterocycles. The summed E-state index contributed by atoms with van der Waals surface area (Å²) in [7, 11) is 0. The number of amides is 2. The van der Waals surface area contributed by atoms with Crippen molar-refractivity contribution in [3.63, 3.8) is 0 Å². The van der Waals surface area contributed by atoms with Crippen molar-refractivity contribution >= 4 is 23.2 Å². The van der Waals surface area contributed by atoms with Crippen molar-refractivity contribution in [1.82, 2.24) is 10.2 Å². The topological polar surface area (TPSA) is 69.6 Å². The van der Waals surface area contributed by atoms with E-state index in [1.807, 2.05) is 31.2 Å². The fourth-order valence-corrected chi connectivity index (χ4v) is 3.37. The third kappa shape index (κ3) is 3.28. The molecule has 1 aliphatic rings. The van der Waals surface area contributed by atoms with Crippen LogP contribution in [0.1, 0.15) is 27.0 Å². The van der Waals surface area contributed by atoms with E-state index in [-0.39, 0.29) is 11.8 Å². The maximum Gasteiger partial charge on any atom is 0.261 e. The lowest BCUT2D eigenvalue weighted by Crippen LogP contribution is -2.53. The molecule has 1 aromatic heterocycles. The lowest BCUT2D eigenvalue weighted by Gasteiger charge is -2.35. The molecule has 0 spiro atoms. The number of benzene rings is 1. The van der Waals surface area contributed by atoms with Crippen LogP contribution in [0, 0.1) is 0 Å². The number of rotatable bonds is 4. The molecule has 0 saturated carbocycles. The Kier molecular flexibility index (Phi) is 4.45. The molecule has 3 rings (SSSR count). The molecule has 0 bridgehead atoms. The Morgan fingerprint density at radius 2 is 1.91 bits per heavy atom. The molecular weight excluding hydrogens is 312 g/mol. The number of nitrogens with one attached hydrogen (secondary N) is 1. The predicted molar refractivity (Wildman–Crippen MR) is 89.7 cm³/mol. The number of aliphatic hydroxyl groups excluding tert-OH is 1. The Labute approximate surface area is 138 Å². The third-order valence-corrected chi connectivity index (χ3v) is 4.87. The SMILES string of the molecule is CCNC(=O)c1ccc(-c2ccc(C(=O)N3CC(O)C3)cc2)s1. The number of β-amino-alcohol motifs (C(OH)–C–C–N with tert-alkyl or cyclic N) is 1. The first-order chi connectivity index (χ1) is 11.1. The van der Waals surface area contributed by atoms with Crippen molar-refractivity contribution in [3.05, 3.63) is 46.8 Å². The van der Waals surface area contributed by atoms with Gasteiger partial charge in [0.05, 0.1) is 11.0 Å². The Bertz CT molecular complexity index is 718. The molecule has 5 nitrogen and oxygen atoms in total. The van der Waals surface area contributed by atoms with Gasteiger partial charge in [0.2, 0.25) is 0 Å². The number of likely N-dealkylation sites (tertiary alicyclic amines) is 1. The van der Waals surface area contributed by atoms with Crippen LogP contribution in [0.3, 0.4) is 0 Å². The van der Waals surface area contributed by atoms with Gasteiger partial charge >= 0.3 is 0 Å². The molecular formula is C17H18N2O3S. The van der Waals surface area contributed by atoms with Crippen LogP contribution < -0.4 is 5.32 Å². The highest BCUT2D eigenvalue weighted by atomic mass is 32.1. The lowest BCUT2D eigenvalue weighted by molar-refractivity contribution is 0.00589. The standard InChI is InChI=1S/C17H18N2O3S/c1-2-18-16(21)15-8-7-14(23-15)11-3-5-12(6-4-11)17(22)19-9-13(20)10-19/h3-8,13,20H,2,9-10H2,1H3,(H,18,21). The van der Waals surface area contributed by atoms with Crippen LogP contribution in [-0.4, -0.2) is 47.6 Å². The molecule has 2 heterocycles. The van der Waals surface area contributed by atoms with Crippen molar-refractivity contribution in [1.29, 1.82) is 0 Å². The van der Waals surface area contributed by atoms with E-state index in [0.717, 1.165) is 10.4 Å². The van der Waals surface area contributed by atoms with Gasteiger partial charge in [-0.1, -0.05) is 12.1 Å². The highest BCUT2D eigenvalue weighted by Gasteiger charge is 2.29. The largest absolute Gasteiger partial charge is 0.389 e. The summed E-state index contributed by atoms with van der Waals surface area (Å²) in [6, 6.07) is 11.1. The van der Waals surface area contributed by atoms with Crippen LogP contribution in [0.2, 0.25) is 0 Å². The maximum atomic E-state index is 12.2. The highest BCUT2D eigenvalue weighted by Crippen LogP contribution is 2.28. The van der Waals surface area contributed by atoms with Crippen LogP contribution in [0.4, 0.5) is 0 Å². The molecule has 2 N–H and O–H groups in total. The van der Waals surface area contributed by atoms with Crippen LogP contribution in [0.25, 0.3) is 10.4 Å². The quantitative estimate of drug-likeness (QED) is 0.901. The minimum absolute atomic E-state index is 0.0592. The molecule has 6 heteroatoms. The number of carbonyl (C=O) groups excluding carboxylic acids is 2. The number of aliphatic hydroxyl groups is 1. The zero-order chi connectivity index (χ0) is 16.4. The van der Waals surface area contributed by atoms with Gasteiger partial charge in [0, 0.05) is 30.1 Å². The first-order valence-electron chi connectivity index (χ1n) is 7.54. The first kappa shape index (κ1) is 15.7. The summed E-state index contributed by atoms with van der Waals surface area (Å²) in [5.41, 5.74) is 1.59. The molecule has 2 amide bonds. The summed E-state index contributed by atoms with van der Waals surface area (Å²) in [6.07, 6.45) is -0.392. The molecule has 1 aromatic carbocycles. The average Bonchev–Trinajstić information content (AvgIpc) is 3.02. The van der Waals surface area contributed by atoms with Crippen LogP contribution in [-0.2, 0) is 0 Å². The van der Waals surface area contributed by atoms with Crippen molar-refractivity contribution in [2.75, 3.05) is 19.6 Å². The molecule has 0 radical (unpaired) electrons. The lowest BCUT2D eigenvalue weighted by atomic mass is 10.1. The molecule has 1 saturated heterocycles. The Hall–Kier alpha value is -2.18. The maximum absolute atomic E-state index is 12.2. The van der Waals surface area contributed by atoms with Crippen LogP contribution in [0.5, 0.6) is 0 Å². The summed E-state index contributed by atoms with van der Waals surface area (Å²) in [4.78, 5) is 27.2. The fraction of sp³-hybridized carbons (Fsp3) is 0.294. The minimum atomic E-state index is -0.392. The van der Waals surface area contributed by atoms with Crippen molar-refractivity contribution in [3.8, 4) is 10.4 Å². The zero-order valence-electron chi connectivity index (χ0n) is 12.8. The van der Waals surface area contributed by atoms with E-state index in [0.29, 0.717) is 30.1 Å². The van der Waals surface area contributed by atoms with Gasteiger partial charge < -0.3 is 15.3 Å². The number of hydrogen-bond donors (Lipinski definition) is 2. The van der Waals surface area contributed by atoms with E-state index >= 15 is 0 Å². The van der Waals surface area contributed by atoms with Gasteiger partial charge in [0.1, 0.15) is 0 Å². The predicted octanol–water partition coefficient (Wildman–Crippen LogP) is 1.98. The second-order valence-electron chi connectivity index (χ2n) is 5.46. The minimum Gasteiger partial charge on any atom is -0.389 e. The molecule has 0 aliphatic carbocycles. The van der Waals surface area contributed by atoms with E-state index in [2.05, 4.69) is 5.32 Å². The van der Waals surface area contributed by atoms with E-state index in [9.17, 15) is 14.7 Å². The number of carbonyl (C=O) groups is 2. The summed E-state index contributed by atoms with van der Waals surface area (Å²) < 4.78 is 0. The van der Waals surface area contributed by atoms with Crippen LogP contribution >= 0.6 is 11.3 Å². The Morgan fingerprint density at radius 3 is 2.52 bits per heavy atom. The van der Waals surface area contributed by atoms with Gasteiger partial charge in [-0.25, -0.2) is 0 Å². The van der Waals surface area contributed by atoms with Gasteiger partial charge in [0.25, 0.3) is 11.8 Å². The number of hydrogen-bond acceptors (Lipinski definition) is 4. The Morgan fingerprint density at radius 1 is 1.22 bits per heavy atom. The Balaban J connectivity index is 1.72. The van der Waals surface area contributed by atoms with E-state index < -0.39 is 6.10 Å². The number of thiophene rings is 1. The summed E-state index contributed by atoms with van der Waals surface area (Å²) in [6.45, 7) is 3.30. The average molecular weight is 330 g/mol. The normalized spacial score (nSPS) is 14.4. The second-order valence-corrected chi connectivity index (χ2v) is 6.55. The zero-order valence-corrected chi connectivity index (χ0v) is 13.6. The molecule has 23 heavy (non-hydrogen) atoms. The van der Waals surface area contributed by atoms with Crippen molar-refractivity contribution < 1.29 is 14.7 Å². The van der Waals surface area contributed by atoms with Gasteiger partial charge in [-0.3, -0.25) is 9.59 Å². The molecule has 1 fully saturated rings. The molecule has 0 unspecified atom stereocenters. The fourth-order valence-electron chi connectivity index (χ4n) is 2.44. The molecule has 120 valence electrons. The van der Waals surface area contributed by atoms with E-state index in [1.165, 1.54) is 11.3 Å². The van der Waals surface area contributed by atoms with Gasteiger partial charge in [0.15, 0.2) is 0 Å². The smallest absolute Gasteiger partial charge is 0.261 e. The monoisotopic (exact) mass is 330 g/mol. The van der Waals surface area contributed by atoms with E-state index in [1.54, 1.807) is 17.0 Å². The summed E-state index contributed by atoms with van der Waals surface area (Å²) in [5.74, 6) is -0.122. The third-order valence-electron chi connectivity index (χ3n) is 3.73. The van der Waals surface area contributed by atoms with Gasteiger partial charge in [-0.15, -0.1) is 11.3 Å². The molecule has 2 aromatic rings. The van der Waals surface area contributed by atoms with E-state index in [4.69, 9.17) is 0 Å². The summed E-state index contributed by atoms with van der Waals surface area (Å²) in [5, 5.41) is 12.0. The molecule has 0 atom stereocenters. The van der Waals surface area contributed by atoms with Gasteiger partial charge in [-0.05, 0) is 36.8 Å². The highest BCUT2D eigenvalue weighted by molar-refractivity contribution is 7.17. The van der Waals surface area contributed by atoms with Crippen molar-refractivity contribution in [2.45, 2.75) is 13.0 Å². The number of nitrogens with zero attached hydrogens (tertiary/aromatic N) is 1. The summed E-state index contributed by atoms with van der Waals surface area (Å²) >= 11 is 1.43. The first-order valence-corrected chi connectivity index (χ1v) is 8.36. The second kappa shape index (κ2) is 6.52. The van der Waals surface area contributed by atoms with Crippen molar-refractivity contribution in [2.24, 2.45) is 0 Å². The van der Waals surface area contributed by atoms with Gasteiger partial charge in [-0.2, -0.15) is 0 Å².